The number of benzene rings is 1. The molecule has 0 unspecified atom stereocenters. The van der Waals surface area contributed by atoms with E-state index in [1.54, 1.807) is 0 Å². The van der Waals surface area contributed by atoms with Gasteiger partial charge in [0.1, 0.15) is 6.54 Å². The van der Waals surface area contributed by atoms with E-state index >= 15 is 0 Å². The van der Waals surface area contributed by atoms with E-state index in [4.69, 9.17) is 4.74 Å². The molecule has 1 fully saturated rings. The second-order valence-corrected chi connectivity index (χ2v) is 8.05. The van der Waals surface area contributed by atoms with Crippen LogP contribution in [0, 0.1) is 6.92 Å². The normalized spacial score (nSPS) is 16.0. The van der Waals surface area contributed by atoms with Crippen LogP contribution in [0.25, 0.3) is 0 Å². The van der Waals surface area contributed by atoms with E-state index in [-0.39, 0.29) is 18.3 Å². The lowest BCUT2D eigenvalue weighted by molar-refractivity contribution is -0.143. The topological polar surface area (TPSA) is 51.5 Å². The molecule has 0 radical (unpaired) electrons. The molecule has 2 aliphatic rings. The average molecular weight is 395 g/mol. The number of ketones is 1. The minimum absolute atomic E-state index is 0.0660. The Bertz CT molecular complexity index is 905. The van der Waals surface area contributed by atoms with Crippen LogP contribution in [0.2, 0.25) is 0 Å². The van der Waals surface area contributed by atoms with Crippen molar-refractivity contribution >= 4 is 17.4 Å². The van der Waals surface area contributed by atoms with Gasteiger partial charge in [0.25, 0.3) is 0 Å². The Morgan fingerprint density at radius 3 is 2.38 bits per heavy atom. The van der Waals surface area contributed by atoms with Crippen molar-refractivity contribution in [2.24, 2.45) is 0 Å². The second kappa shape index (κ2) is 8.44. The minimum atomic E-state index is -0.243. The number of hydrogen-bond donors (Lipinski definition) is 0. The van der Waals surface area contributed by atoms with Crippen molar-refractivity contribution in [2.45, 2.75) is 58.9 Å². The first kappa shape index (κ1) is 19.7. The van der Waals surface area contributed by atoms with Crippen LogP contribution in [0.1, 0.15) is 65.5 Å². The highest BCUT2D eigenvalue weighted by molar-refractivity contribution is 6.11. The fourth-order valence-corrected chi connectivity index (χ4v) is 4.81. The van der Waals surface area contributed by atoms with Crippen molar-refractivity contribution in [3.63, 3.8) is 0 Å². The minimum Gasteiger partial charge on any atom is -0.465 e. The number of esters is 1. The van der Waals surface area contributed by atoms with Crippen molar-refractivity contribution in [1.29, 1.82) is 0 Å². The average Bonchev–Trinajstić information content (AvgIpc) is 3.36. The number of anilines is 1. The molecule has 2 aromatic rings. The summed E-state index contributed by atoms with van der Waals surface area (Å²) >= 11 is 0. The van der Waals surface area contributed by atoms with E-state index in [9.17, 15) is 9.59 Å². The number of ether oxygens (including phenoxy) is 1. The van der Waals surface area contributed by atoms with E-state index in [1.807, 2.05) is 30.5 Å². The maximum absolute atomic E-state index is 13.5. The smallest absolute Gasteiger partial charge is 0.325 e. The van der Waals surface area contributed by atoms with Gasteiger partial charge in [-0.1, -0.05) is 0 Å². The highest BCUT2D eigenvalue weighted by atomic mass is 16.5. The monoisotopic (exact) mass is 394 g/mol. The molecule has 4 rings (SSSR count). The lowest BCUT2D eigenvalue weighted by Crippen LogP contribution is -2.17. The van der Waals surface area contributed by atoms with E-state index in [1.165, 1.54) is 18.5 Å². The van der Waals surface area contributed by atoms with E-state index in [2.05, 4.69) is 17.0 Å². The molecule has 0 saturated carbocycles. The molecule has 5 nitrogen and oxygen atoms in total. The number of aromatic nitrogens is 1. The summed E-state index contributed by atoms with van der Waals surface area (Å²) in [6, 6.07) is 8.03. The van der Waals surface area contributed by atoms with Crippen molar-refractivity contribution in [1.82, 2.24) is 4.57 Å². The van der Waals surface area contributed by atoms with Crippen molar-refractivity contribution in [3.8, 4) is 0 Å². The second-order valence-electron chi connectivity index (χ2n) is 8.05. The highest BCUT2D eigenvalue weighted by Crippen LogP contribution is 2.32. The van der Waals surface area contributed by atoms with Gasteiger partial charge in [0, 0.05) is 41.3 Å². The summed E-state index contributed by atoms with van der Waals surface area (Å²) in [5.74, 6) is -0.177. The Hall–Kier alpha value is -2.56. The third-order valence-electron chi connectivity index (χ3n) is 6.25. The molecular weight excluding hydrogens is 364 g/mol. The summed E-state index contributed by atoms with van der Waals surface area (Å²) < 4.78 is 7.17. The van der Waals surface area contributed by atoms with Gasteiger partial charge >= 0.3 is 5.97 Å². The maximum Gasteiger partial charge on any atom is 0.325 e. The molecule has 2 heterocycles. The molecule has 0 N–H and O–H groups in total. The molecule has 29 heavy (non-hydrogen) atoms. The number of carbonyl (C=O) groups is 2. The molecule has 1 aromatic heterocycles. The van der Waals surface area contributed by atoms with Gasteiger partial charge in [-0.15, -0.1) is 0 Å². The molecule has 1 aromatic carbocycles. The van der Waals surface area contributed by atoms with Crippen LogP contribution < -0.4 is 4.90 Å². The third kappa shape index (κ3) is 3.83. The summed E-state index contributed by atoms with van der Waals surface area (Å²) in [5, 5.41) is 0. The van der Waals surface area contributed by atoms with Gasteiger partial charge in [-0.05, 0) is 82.2 Å². The summed E-state index contributed by atoms with van der Waals surface area (Å²) in [5.41, 5.74) is 5.86. The van der Waals surface area contributed by atoms with Gasteiger partial charge in [0.05, 0.1) is 6.61 Å². The highest BCUT2D eigenvalue weighted by Gasteiger charge is 2.28. The first-order valence-corrected chi connectivity index (χ1v) is 10.9. The molecule has 1 aliphatic carbocycles. The summed E-state index contributed by atoms with van der Waals surface area (Å²) in [4.78, 5) is 28.0. The van der Waals surface area contributed by atoms with Gasteiger partial charge in [-0.2, -0.15) is 0 Å². The van der Waals surface area contributed by atoms with Crippen LogP contribution in [0.5, 0.6) is 0 Å². The standard InChI is InChI=1S/C24H30N2O3/c1-3-29-22(27)16-26-17(2)23(20-8-4-5-9-21(20)26)24(28)18-10-12-19(13-11-18)25-14-6-7-15-25/h10-13H,3-9,14-16H2,1-2H3. The number of nitrogens with zero attached hydrogens (tertiary/aromatic N) is 2. The molecule has 154 valence electrons. The van der Waals surface area contributed by atoms with Crippen molar-refractivity contribution in [2.75, 3.05) is 24.6 Å². The zero-order valence-electron chi connectivity index (χ0n) is 17.5. The van der Waals surface area contributed by atoms with Gasteiger partial charge in [0.15, 0.2) is 5.78 Å². The molecule has 1 saturated heterocycles. The SMILES string of the molecule is CCOC(=O)Cn1c(C)c(C(=O)c2ccc(N3CCCC3)cc2)c2c1CCCC2. The lowest BCUT2D eigenvalue weighted by Gasteiger charge is -2.17. The fraction of sp³-hybridized carbons (Fsp3) is 0.500. The Balaban J connectivity index is 1.65. The number of rotatable bonds is 6. The van der Waals surface area contributed by atoms with Crippen LogP contribution in [0.4, 0.5) is 5.69 Å². The van der Waals surface area contributed by atoms with Crippen LogP contribution in [0.3, 0.4) is 0 Å². The summed E-state index contributed by atoms with van der Waals surface area (Å²) in [6.07, 6.45) is 6.47. The predicted molar refractivity (Wildman–Crippen MR) is 114 cm³/mol. The zero-order chi connectivity index (χ0) is 20.4. The van der Waals surface area contributed by atoms with Crippen molar-refractivity contribution in [3.05, 3.63) is 52.3 Å². The maximum atomic E-state index is 13.5. The molecule has 5 heteroatoms. The zero-order valence-corrected chi connectivity index (χ0v) is 17.5. The molecule has 0 amide bonds. The van der Waals surface area contributed by atoms with Crippen molar-refractivity contribution < 1.29 is 14.3 Å². The first-order valence-electron chi connectivity index (χ1n) is 10.9. The molecular formula is C24H30N2O3. The first-order chi connectivity index (χ1) is 14.1. The molecule has 0 atom stereocenters. The van der Waals surface area contributed by atoms with E-state index in [0.29, 0.717) is 6.61 Å². The fourth-order valence-electron chi connectivity index (χ4n) is 4.81. The Morgan fingerprint density at radius 1 is 1.00 bits per heavy atom. The molecule has 0 bridgehead atoms. The summed E-state index contributed by atoms with van der Waals surface area (Å²) in [6.45, 7) is 6.52. The quantitative estimate of drug-likeness (QED) is 0.547. The Kier molecular flexibility index (Phi) is 5.74. The molecule has 0 spiro atoms. The Labute approximate surface area is 172 Å². The van der Waals surface area contributed by atoms with E-state index in [0.717, 1.165) is 66.9 Å². The predicted octanol–water partition coefficient (Wildman–Crippen LogP) is 4.07. The summed E-state index contributed by atoms with van der Waals surface area (Å²) in [7, 11) is 0. The number of fused-ring (bicyclic) bond motifs is 1. The number of hydrogen-bond acceptors (Lipinski definition) is 4. The van der Waals surface area contributed by atoms with Crippen LogP contribution in [-0.4, -0.2) is 36.0 Å². The largest absolute Gasteiger partial charge is 0.465 e. The van der Waals surface area contributed by atoms with Crippen LogP contribution in [-0.2, 0) is 28.9 Å². The van der Waals surface area contributed by atoms with Crippen LogP contribution >= 0.6 is 0 Å². The van der Waals surface area contributed by atoms with Gasteiger partial charge in [-0.25, -0.2) is 0 Å². The molecule has 1 aliphatic heterocycles. The third-order valence-corrected chi connectivity index (χ3v) is 6.25. The van der Waals surface area contributed by atoms with Gasteiger partial charge in [0.2, 0.25) is 0 Å². The van der Waals surface area contributed by atoms with Gasteiger partial charge < -0.3 is 14.2 Å². The number of carbonyl (C=O) groups excluding carboxylic acids is 2. The van der Waals surface area contributed by atoms with Crippen LogP contribution in [0.15, 0.2) is 24.3 Å². The van der Waals surface area contributed by atoms with E-state index < -0.39 is 0 Å². The Morgan fingerprint density at radius 2 is 1.69 bits per heavy atom. The lowest BCUT2D eigenvalue weighted by atomic mass is 9.91. The van der Waals surface area contributed by atoms with Gasteiger partial charge in [-0.3, -0.25) is 9.59 Å².